The molecule has 0 unspecified atom stereocenters. The Bertz CT molecular complexity index is 2530. The molecule has 0 bridgehead atoms. The Morgan fingerprint density at radius 1 is 0.699 bits per heavy atom. The lowest BCUT2D eigenvalue weighted by molar-refractivity contribution is 0.0682. The van der Waals surface area contributed by atoms with Gasteiger partial charge in [-0.3, -0.25) is 10.0 Å². The van der Waals surface area contributed by atoms with Crippen LogP contribution in [0.25, 0.3) is 5.57 Å². The Morgan fingerprint density at radius 2 is 1.27 bits per heavy atom. The number of carboxylic acids is 2. The van der Waals surface area contributed by atoms with Gasteiger partial charge in [-0.25, -0.2) is 9.59 Å². The highest BCUT2D eigenvalue weighted by atomic mass is 35.5. The second-order valence-corrected chi connectivity index (χ2v) is 17.7. The van der Waals surface area contributed by atoms with E-state index < -0.39 is 65.9 Å². The van der Waals surface area contributed by atoms with Crippen LogP contribution < -0.4 is 20.4 Å². The molecule has 4 aromatic rings. The highest BCUT2D eigenvalue weighted by Gasteiger charge is 2.62. The van der Waals surface area contributed by atoms with E-state index in [0.29, 0.717) is 17.8 Å². The molecular weight excluding hydrogens is 961 g/mol. The fraction of sp³-hybridized carbons (Fsp3) is 0.119. The van der Waals surface area contributed by atoms with Crippen LogP contribution in [0.2, 0.25) is 10.0 Å². The highest BCUT2D eigenvalue weighted by Crippen LogP contribution is 2.67. The van der Waals surface area contributed by atoms with Gasteiger partial charge in [0.15, 0.2) is 11.5 Å². The largest absolute Gasteiger partial charge is 0.520 e. The lowest BCUT2D eigenvalue weighted by Gasteiger charge is -2.59. The van der Waals surface area contributed by atoms with E-state index in [1.54, 1.807) is 0 Å². The van der Waals surface area contributed by atoms with Crippen molar-refractivity contribution >= 4 is 65.9 Å². The van der Waals surface area contributed by atoms with Crippen molar-refractivity contribution in [1.29, 1.82) is 0 Å². The van der Waals surface area contributed by atoms with Crippen LogP contribution >= 0.6 is 23.2 Å². The molecule has 0 saturated heterocycles. The number of ether oxygens (including phenoxy) is 2. The molecule has 7 atom stereocenters. The predicted molar refractivity (Wildman–Crippen MR) is 262 cm³/mol. The topological polar surface area (TPSA) is 173 Å². The van der Waals surface area contributed by atoms with Gasteiger partial charge in [-0.05, 0) is 228 Å². The molecule has 347 valence electrons. The lowest BCUT2D eigenvalue weighted by atomic mass is 9.44. The number of allylic oxidation sites excluding steroid dienone is 1. The van der Waals surface area contributed by atoms with Crippen molar-refractivity contribution in [3.8, 4) is 11.5 Å². The van der Waals surface area contributed by atoms with E-state index in [1.165, 1.54) is 72.8 Å². The summed E-state index contributed by atoms with van der Waals surface area (Å²) < 4.78 is 11.3. The molecular formula is C59H31B2Cl2O10. The molecule has 14 heteroatoms. The molecule has 4 aliphatic carbocycles. The summed E-state index contributed by atoms with van der Waals surface area (Å²) in [6.07, 6.45) is 46.7. The van der Waals surface area contributed by atoms with Crippen LogP contribution in [0.3, 0.4) is 0 Å². The van der Waals surface area contributed by atoms with Crippen molar-refractivity contribution in [2.75, 3.05) is 0 Å². The van der Waals surface area contributed by atoms with Gasteiger partial charge in [0.1, 0.15) is 11.1 Å². The van der Waals surface area contributed by atoms with Gasteiger partial charge in [-0.1, -0.05) is 71.7 Å². The van der Waals surface area contributed by atoms with Crippen LogP contribution in [0.1, 0.15) is 43.0 Å². The number of hydrogen-bond donors (Lipinski definition) is 4. The summed E-state index contributed by atoms with van der Waals surface area (Å²) in [6, 6.07) is 16.3. The standard InChI is InChI=1S/C59H31B2Cl2O10/c1-35(2)10-6-11-36(3)49-20-21-50-46-19-18-42-26-37(22-24-58(42,4)51(46)23-25-59(49,50)5)12-9-17-45(40-29-47(56(64)65)54(52(62)31-40)72-33-38-13-7-15-43(27-38)60(68)69)41-30-48(57(66)67)55(53(63)32-41)73-34-39-14-8-16-44(28-39)61(70)71/h7-8,13-16,27-32,37,46,49-51,68,70H,1-5H2,(H,64,65)(H,66,67)/t37-,46-,49+,50-,51-,58-,59+/m0/s1. The smallest absolute Gasteiger partial charge is 0.478 e. The van der Waals surface area contributed by atoms with E-state index in [4.69, 9.17) is 32.7 Å². The number of aromatic carboxylic acids is 2. The number of carboxylic acid groups (broad SMARTS) is 2. The predicted octanol–water partition coefficient (Wildman–Crippen LogP) is 6.93. The van der Waals surface area contributed by atoms with E-state index in [-0.39, 0.29) is 72.1 Å². The number of hydrogen-bond acceptors (Lipinski definition) is 6. The molecule has 43 radical (unpaired) electrons. The molecule has 4 aliphatic rings. The summed E-state index contributed by atoms with van der Waals surface area (Å²) >= 11 is 13.5. The minimum atomic E-state index is -2.04. The fourth-order valence-corrected chi connectivity index (χ4v) is 8.84. The molecule has 0 aliphatic heterocycles. The van der Waals surface area contributed by atoms with Crippen LogP contribution in [0.4, 0.5) is 0 Å². The van der Waals surface area contributed by atoms with Crippen molar-refractivity contribution in [3.63, 3.8) is 0 Å². The summed E-state index contributed by atoms with van der Waals surface area (Å²) in [5.41, 5.74) is -2.35. The average molecular weight is 992 g/mol. The van der Waals surface area contributed by atoms with Crippen molar-refractivity contribution in [3.05, 3.63) is 278 Å². The average Bonchev–Trinajstić information content (AvgIpc) is 3.71. The minimum absolute atomic E-state index is 0.0109. The first-order valence-corrected chi connectivity index (χ1v) is 22.4. The molecule has 0 spiro atoms. The zero-order valence-electron chi connectivity index (χ0n) is 38.0. The third kappa shape index (κ3) is 12.1. The SMILES string of the molecule is [CH2][C]([CH2])[C][C][C][C]([CH2])[C@H]1[C][C][C@H]2[C@@H]3[C][C][C]4[C][C@@H]([C][C][C]=C(c5cc(Cl)c(O[C]c6cccc(B([O])O)c6)c(C(=O)O)c5)c5cc(Cl)c(O[C]c6cccc(B([O])O)c6)c(C(=O)O)c5)[C][C][C@]4([CH2])[C@H]3[C][C][C@]12[CH2]. The quantitative estimate of drug-likeness (QED) is 0.0691. The Morgan fingerprint density at radius 3 is 1.81 bits per heavy atom. The van der Waals surface area contributed by atoms with E-state index in [9.17, 15) is 39.9 Å². The minimum Gasteiger partial charge on any atom is -0.478 e. The molecule has 73 heavy (non-hydrogen) atoms. The Labute approximate surface area is 442 Å². The molecule has 10 nitrogen and oxygen atoms in total. The van der Waals surface area contributed by atoms with E-state index in [2.05, 4.69) is 144 Å². The third-order valence-electron chi connectivity index (χ3n) is 11.9. The first-order chi connectivity index (χ1) is 34.8. The molecule has 0 aromatic heterocycles. The molecule has 0 amide bonds. The molecule has 8 rings (SSSR count). The molecule has 4 aromatic carbocycles. The van der Waals surface area contributed by atoms with Gasteiger partial charge in [-0.15, -0.1) is 0 Å². The van der Waals surface area contributed by atoms with Crippen molar-refractivity contribution in [2.24, 2.45) is 40.4 Å². The number of rotatable bonds is 20. The van der Waals surface area contributed by atoms with Crippen LogP contribution in [0.15, 0.2) is 72.8 Å². The van der Waals surface area contributed by atoms with Crippen molar-refractivity contribution < 1.29 is 49.4 Å². The second-order valence-electron chi connectivity index (χ2n) is 16.9. The maximum Gasteiger partial charge on any atom is 0.520 e. The molecule has 0 heterocycles. The van der Waals surface area contributed by atoms with Gasteiger partial charge in [0, 0.05) is 24.0 Å². The summed E-state index contributed by atoms with van der Waals surface area (Å²) in [7, 11) is -4.09. The zero-order chi connectivity index (χ0) is 52.4. The molecule has 4 N–H and O–H groups in total. The van der Waals surface area contributed by atoms with Gasteiger partial charge < -0.3 is 29.7 Å². The molecule has 4 fully saturated rings. The van der Waals surface area contributed by atoms with Crippen molar-refractivity contribution in [1.82, 2.24) is 0 Å². The number of halogens is 2. The normalized spacial score (nSPS) is 24.6. The lowest BCUT2D eigenvalue weighted by Crippen LogP contribution is -2.54. The monoisotopic (exact) mass is 991 g/mol. The number of carbonyl (C=O) groups is 2. The number of benzene rings is 4. The summed E-state index contributed by atoms with van der Waals surface area (Å²) in [4.78, 5) is 25.6. The first-order valence-electron chi connectivity index (χ1n) is 21.7. The van der Waals surface area contributed by atoms with Crippen molar-refractivity contribution in [2.45, 2.75) is 0 Å². The summed E-state index contributed by atoms with van der Waals surface area (Å²) in [6.45, 7) is 25.5. The second kappa shape index (κ2) is 23.3. The Hall–Kier alpha value is -4.29. The summed E-state index contributed by atoms with van der Waals surface area (Å²) in [5.74, 6) is -4.63. The van der Waals surface area contributed by atoms with E-state index in [1.807, 2.05) is 0 Å². The zero-order valence-corrected chi connectivity index (χ0v) is 39.5. The third-order valence-corrected chi connectivity index (χ3v) is 12.5. The van der Waals surface area contributed by atoms with Gasteiger partial charge in [0.2, 0.25) is 13.2 Å². The van der Waals surface area contributed by atoms with Gasteiger partial charge in [-0.2, -0.15) is 0 Å². The van der Waals surface area contributed by atoms with E-state index >= 15 is 0 Å². The molecule has 4 saturated carbocycles. The van der Waals surface area contributed by atoms with Gasteiger partial charge in [0.25, 0.3) is 0 Å². The van der Waals surface area contributed by atoms with Crippen LogP contribution in [0.5, 0.6) is 11.5 Å². The highest BCUT2D eigenvalue weighted by molar-refractivity contribution is 6.58. The van der Waals surface area contributed by atoms with Crippen LogP contribution in [0, 0.1) is 202 Å². The Balaban J connectivity index is 1.04. The van der Waals surface area contributed by atoms with Gasteiger partial charge in [0.05, 0.1) is 10.0 Å². The first kappa shape index (κ1) is 55.0. The maximum absolute atomic E-state index is 12.8. The Kier molecular flexibility index (Phi) is 17.5. The fourth-order valence-electron chi connectivity index (χ4n) is 8.33. The number of fused-ring (bicyclic) bond motifs is 5. The maximum atomic E-state index is 12.8. The van der Waals surface area contributed by atoms with Gasteiger partial charge >= 0.3 is 26.2 Å². The van der Waals surface area contributed by atoms with E-state index in [0.717, 1.165) is 0 Å². The summed E-state index contributed by atoms with van der Waals surface area (Å²) in [5, 5.41) is 62.7. The van der Waals surface area contributed by atoms with Crippen LogP contribution in [-0.2, 0) is 10.0 Å². The van der Waals surface area contributed by atoms with Crippen LogP contribution in [-0.4, -0.2) is 46.4 Å².